The van der Waals surface area contributed by atoms with Gasteiger partial charge in [0, 0.05) is 34.8 Å². The third kappa shape index (κ3) is 10.2. The zero-order chi connectivity index (χ0) is 32.2. The summed E-state index contributed by atoms with van der Waals surface area (Å²) in [7, 11) is 0. The van der Waals surface area contributed by atoms with E-state index in [1.807, 2.05) is 54.6 Å². The van der Waals surface area contributed by atoms with E-state index in [0.717, 1.165) is 45.9 Å². The highest BCUT2D eigenvalue weighted by molar-refractivity contribution is 7.14. The van der Waals surface area contributed by atoms with Crippen molar-refractivity contribution < 1.29 is 19.4 Å². The topological polar surface area (TPSA) is 101 Å². The molecule has 0 saturated carbocycles. The number of nitrogens with one attached hydrogen (secondary N) is 1. The van der Waals surface area contributed by atoms with E-state index in [-0.39, 0.29) is 17.7 Å². The Morgan fingerprint density at radius 1 is 0.822 bits per heavy atom. The van der Waals surface area contributed by atoms with Crippen molar-refractivity contribution in [3.63, 3.8) is 0 Å². The van der Waals surface area contributed by atoms with E-state index < -0.39 is 12.0 Å². The number of aromatic nitrogens is 2. The normalized spacial score (nSPS) is 12.1. The summed E-state index contributed by atoms with van der Waals surface area (Å²) in [6.45, 7) is 9.22. The number of carbonyl (C=O) groups is 2. The molecule has 2 N–H and O–H groups in total. The summed E-state index contributed by atoms with van der Waals surface area (Å²) in [5, 5.41) is 12.5. The fraction of sp³-hybridized carbons (Fsp3) is 0.405. The summed E-state index contributed by atoms with van der Waals surface area (Å²) in [6, 6.07) is 18.1. The summed E-state index contributed by atoms with van der Waals surface area (Å²) in [6.07, 6.45) is 12.6. The van der Waals surface area contributed by atoms with Gasteiger partial charge in [0.2, 0.25) is 0 Å². The highest BCUT2D eigenvalue weighted by atomic mass is 32.1. The van der Waals surface area contributed by atoms with Gasteiger partial charge in [-0.3, -0.25) is 4.79 Å². The summed E-state index contributed by atoms with van der Waals surface area (Å²) in [5.41, 5.74) is 3.46. The molecule has 1 atom stereocenters. The summed E-state index contributed by atoms with van der Waals surface area (Å²) < 4.78 is 5.92. The van der Waals surface area contributed by atoms with Gasteiger partial charge < -0.3 is 15.2 Å². The highest BCUT2D eigenvalue weighted by Crippen LogP contribution is 2.29. The predicted octanol–water partition coefficient (Wildman–Crippen LogP) is 8.72. The summed E-state index contributed by atoms with van der Waals surface area (Å²) in [5.74, 6) is -0.00553. The maximum absolute atomic E-state index is 12.8. The Kier molecular flexibility index (Phi) is 12.3. The SMILES string of the molecule is CCCCCCCCCOc1ccc(-c2cnc(-c3ccc(CC(NC(=O)c4ccc(C(C)(C)C)s4)C(=O)O)cc3)nc2)cc1. The minimum absolute atomic E-state index is 0.0750. The lowest BCUT2D eigenvalue weighted by Crippen LogP contribution is -2.42. The molecule has 2 heterocycles. The fourth-order valence-corrected chi connectivity index (χ4v) is 5.90. The van der Waals surface area contributed by atoms with Crippen LogP contribution in [0.5, 0.6) is 5.75 Å². The molecule has 238 valence electrons. The zero-order valence-corrected chi connectivity index (χ0v) is 27.7. The van der Waals surface area contributed by atoms with Gasteiger partial charge in [-0.15, -0.1) is 11.3 Å². The van der Waals surface area contributed by atoms with E-state index in [1.165, 1.54) is 49.9 Å². The van der Waals surface area contributed by atoms with Crippen LogP contribution < -0.4 is 10.1 Å². The zero-order valence-electron chi connectivity index (χ0n) is 26.8. The molecular formula is C37H45N3O4S. The van der Waals surface area contributed by atoms with Crippen LogP contribution in [0.15, 0.2) is 73.1 Å². The highest BCUT2D eigenvalue weighted by Gasteiger charge is 2.24. The second kappa shape index (κ2) is 16.3. The number of unbranched alkanes of at least 4 members (excludes halogenated alkanes) is 6. The number of hydrogen-bond donors (Lipinski definition) is 2. The van der Waals surface area contributed by atoms with Crippen molar-refractivity contribution in [1.29, 1.82) is 0 Å². The number of benzene rings is 2. The molecule has 0 aliphatic rings. The Morgan fingerprint density at radius 2 is 1.44 bits per heavy atom. The van der Waals surface area contributed by atoms with Crippen molar-refractivity contribution in [3.8, 4) is 28.3 Å². The van der Waals surface area contributed by atoms with Crippen molar-refractivity contribution in [2.24, 2.45) is 0 Å². The molecule has 0 saturated heterocycles. The van der Waals surface area contributed by atoms with Crippen molar-refractivity contribution in [2.45, 2.75) is 90.5 Å². The fourth-order valence-electron chi connectivity index (χ4n) is 4.94. The van der Waals surface area contributed by atoms with Gasteiger partial charge in [-0.05, 0) is 47.2 Å². The predicted molar refractivity (Wildman–Crippen MR) is 182 cm³/mol. The number of carbonyl (C=O) groups excluding carboxylic acids is 1. The lowest BCUT2D eigenvalue weighted by Gasteiger charge is -2.16. The van der Waals surface area contributed by atoms with Crippen LogP contribution in [0.1, 0.15) is 92.8 Å². The molecule has 0 radical (unpaired) electrons. The Bertz CT molecular complexity index is 1510. The minimum Gasteiger partial charge on any atom is -0.494 e. The third-order valence-corrected chi connectivity index (χ3v) is 9.19. The molecule has 2 aromatic heterocycles. The van der Waals surface area contributed by atoms with Gasteiger partial charge >= 0.3 is 5.97 Å². The van der Waals surface area contributed by atoms with E-state index in [9.17, 15) is 14.7 Å². The molecule has 0 aliphatic carbocycles. The van der Waals surface area contributed by atoms with E-state index >= 15 is 0 Å². The van der Waals surface area contributed by atoms with Gasteiger partial charge in [0.05, 0.1) is 11.5 Å². The number of ether oxygens (including phenoxy) is 1. The standard InChI is InChI=1S/C37H45N3O4S/c1-5-6-7-8-9-10-11-22-44-30-18-16-27(17-19-30)29-24-38-34(39-25-29)28-14-12-26(13-15-28)23-31(36(42)43)40-35(41)32-20-21-33(45-32)37(2,3)4/h12-21,24-25,31H,5-11,22-23H2,1-4H3,(H,40,41)(H,42,43). The van der Waals surface area contributed by atoms with Crippen molar-refractivity contribution in [1.82, 2.24) is 15.3 Å². The molecule has 8 heteroatoms. The van der Waals surface area contributed by atoms with Gasteiger partial charge in [0.15, 0.2) is 5.82 Å². The van der Waals surface area contributed by atoms with Gasteiger partial charge in [0.1, 0.15) is 11.8 Å². The first kappa shape index (κ1) is 33.8. The molecular weight excluding hydrogens is 582 g/mol. The van der Waals surface area contributed by atoms with Crippen LogP contribution in [0.2, 0.25) is 0 Å². The maximum Gasteiger partial charge on any atom is 0.326 e. The van der Waals surface area contributed by atoms with Gasteiger partial charge in [-0.25, -0.2) is 14.8 Å². The van der Waals surface area contributed by atoms with E-state index in [0.29, 0.717) is 10.7 Å². The lowest BCUT2D eigenvalue weighted by atomic mass is 9.95. The molecule has 45 heavy (non-hydrogen) atoms. The molecule has 1 amide bonds. The van der Waals surface area contributed by atoms with Crippen LogP contribution in [-0.4, -0.2) is 39.6 Å². The van der Waals surface area contributed by atoms with E-state index in [1.54, 1.807) is 18.5 Å². The van der Waals surface area contributed by atoms with Crippen LogP contribution in [0.4, 0.5) is 0 Å². The summed E-state index contributed by atoms with van der Waals surface area (Å²) in [4.78, 5) is 35.4. The number of rotatable bonds is 16. The van der Waals surface area contributed by atoms with Crippen LogP contribution in [0.3, 0.4) is 0 Å². The number of nitrogens with zero attached hydrogens (tertiary/aromatic N) is 2. The maximum atomic E-state index is 12.8. The summed E-state index contributed by atoms with van der Waals surface area (Å²) >= 11 is 1.39. The average molecular weight is 628 g/mol. The van der Waals surface area contributed by atoms with Crippen LogP contribution >= 0.6 is 11.3 Å². The van der Waals surface area contributed by atoms with Crippen molar-refractivity contribution >= 4 is 23.2 Å². The Morgan fingerprint density at radius 3 is 2.04 bits per heavy atom. The first-order chi connectivity index (χ1) is 21.6. The first-order valence-electron chi connectivity index (χ1n) is 15.9. The number of carboxylic acids is 1. The quantitative estimate of drug-likeness (QED) is 0.121. The first-order valence-corrected chi connectivity index (χ1v) is 16.7. The molecule has 0 aliphatic heterocycles. The number of carboxylic acid groups (broad SMARTS) is 1. The Labute approximate surface area is 271 Å². The Hall–Kier alpha value is -4.04. The van der Waals surface area contributed by atoms with Crippen LogP contribution in [0.25, 0.3) is 22.5 Å². The van der Waals surface area contributed by atoms with Crippen molar-refractivity contribution in [3.05, 3.63) is 88.4 Å². The molecule has 4 rings (SSSR count). The second-order valence-corrected chi connectivity index (χ2v) is 13.6. The second-order valence-electron chi connectivity index (χ2n) is 12.5. The van der Waals surface area contributed by atoms with Gasteiger partial charge in [-0.2, -0.15) is 0 Å². The van der Waals surface area contributed by atoms with E-state index in [2.05, 4.69) is 43.0 Å². The molecule has 0 fully saturated rings. The van der Waals surface area contributed by atoms with Crippen molar-refractivity contribution in [2.75, 3.05) is 6.61 Å². The van der Waals surface area contributed by atoms with E-state index in [4.69, 9.17) is 4.74 Å². The molecule has 0 spiro atoms. The smallest absolute Gasteiger partial charge is 0.326 e. The monoisotopic (exact) mass is 627 g/mol. The third-order valence-electron chi connectivity index (χ3n) is 7.68. The largest absolute Gasteiger partial charge is 0.494 e. The molecule has 4 aromatic rings. The number of thiophene rings is 1. The lowest BCUT2D eigenvalue weighted by molar-refractivity contribution is -0.139. The molecule has 1 unspecified atom stereocenters. The molecule has 7 nitrogen and oxygen atoms in total. The van der Waals surface area contributed by atoms with Gasteiger partial charge in [-0.1, -0.05) is 103 Å². The van der Waals surface area contributed by atoms with Gasteiger partial charge in [0.25, 0.3) is 5.91 Å². The Balaban J connectivity index is 1.28. The molecule has 0 bridgehead atoms. The molecule has 2 aromatic carbocycles. The minimum atomic E-state index is -1.08. The van der Waals surface area contributed by atoms with Crippen LogP contribution in [-0.2, 0) is 16.6 Å². The number of aliphatic carboxylic acids is 1. The average Bonchev–Trinajstić information content (AvgIpc) is 3.55. The van der Waals surface area contributed by atoms with Crippen LogP contribution in [0, 0.1) is 0 Å². The number of hydrogen-bond acceptors (Lipinski definition) is 6. The number of amides is 1.